The molecule has 144 valence electrons. The zero-order chi connectivity index (χ0) is 20.2. The van der Waals surface area contributed by atoms with E-state index in [9.17, 15) is 9.59 Å². The molecule has 0 unspecified atom stereocenters. The van der Waals surface area contributed by atoms with Crippen LogP contribution >= 0.6 is 12.2 Å². The normalized spacial score (nSPS) is 9.82. The van der Waals surface area contributed by atoms with Gasteiger partial charge in [-0.3, -0.25) is 9.59 Å². The summed E-state index contributed by atoms with van der Waals surface area (Å²) in [5.41, 5.74) is 2.11. The highest BCUT2D eigenvalue weighted by molar-refractivity contribution is 7.80. The van der Waals surface area contributed by atoms with Crippen LogP contribution in [-0.2, 0) is 20.7 Å². The number of amides is 1. The Balaban J connectivity index is 1.62. The Bertz CT molecular complexity index is 863. The van der Waals surface area contributed by atoms with Crippen LogP contribution in [0.4, 0.5) is 5.69 Å². The maximum Gasteiger partial charge on any atom is 0.306 e. The third-order valence-electron chi connectivity index (χ3n) is 3.82. The number of para-hydroxylation sites is 1. The second-order valence-corrected chi connectivity index (χ2v) is 6.38. The number of benzene rings is 2. The average molecular weight is 395 g/mol. The fraction of sp³-hybridized carbons (Fsp3) is 0.238. The van der Waals surface area contributed by atoms with E-state index in [2.05, 4.69) is 10.6 Å². The molecule has 0 bridgehead atoms. The molecule has 2 rings (SSSR count). The highest BCUT2D eigenvalue weighted by Crippen LogP contribution is 2.13. The van der Waals surface area contributed by atoms with Crippen LogP contribution in [-0.4, -0.2) is 23.6 Å². The predicted octanol–water partition coefficient (Wildman–Crippen LogP) is 3.33. The van der Waals surface area contributed by atoms with Gasteiger partial charge in [0.1, 0.15) is 6.07 Å². The summed E-state index contributed by atoms with van der Waals surface area (Å²) in [6.07, 6.45) is 1.51. The van der Waals surface area contributed by atoms with Crippen molar-refractivity contribution in [2.24, 2.45) is 0 Å². The van der Waals surface area contributed by atoms with Gasteiger partial charge in [0, 0.05) is 6.42 Å². The first-order chi connectivity index (χ1) is 13.6. The van der Waals surface area contributed by atoms with Gasteiger partial charge in [0.25, 0.3) is 0 Å². The van der Waals surface area contributed by atoms with Crippen LogP contribution in [0, 0.1) is 11.3 Å². The van der Waals surface area contributed by atoms with Gasteiger partial charge in [-0.15, -0.1) is 0 Å². The molecule has 2 aromatic rings. The topological polar surface area (TPSA) is 91.2 Å². The molecular weight excluding hydrogens is 374 g/mol. The zero-order valence-electron chi connectivity index (χ0n) is 15.3. The standard InChI is InChI=1S/C21H21N3O3S/c22-15-17-10-4-5-11-18(17)23-21(28)24-19(25)12-13-20(26)27-14-6-9-16-7-2-1-3-8-16/h1-5,7-8,10-11H,6,9,12-14H2,(H2,23,24,25,28). The van der Waals surface area contributed by atoms with E-state index in [4.69, 9.17) is 22.2 Å². The molecule has 7 heteroatoms. The van der Waals surface area contributed by atoms with Crippen molar-refractivity contribution in [2.45, 2.75) is 25.7 Å². The molecule has 28 heavy (non-hydrogen) atoms. The van der Waals surface area contributed by atoms with Crippen molar-refractivity contribution in [3.63, 3.8) is 0 Å². The molecular formula is C21H21N3O3S. The number of anilines is 1. The minimum absolute atomic E-state index is 0.0193. The average Bonchev–Trinajstić information content (AvgIpc) is 2.71. The smallest absolute Gasteiger partial charge is 0.306 e. The summed E-state index contributed by atoms with van der Waals surface area (Å²) in [6, 6.07) is 18.8. The highest BCUT2D eigenvalue weighted by Gasteiger charge is 2.10. The van der Waals surface area contributed by atoms with Gasteiger partial charge in [-0.05, 0) is 42.8 Å². The minimum Gasteiger partial charge on any atom is -0.466 e. The lowest BCUT2D eigenvalue weighted by molar-refractivity contribution is -0.145. The third-order valence-corrected chi connectivity index (χ3v) is 4.02. The van der Waals surface area contributed by atoms with E-state index in [1.165, 1.54) is 5.56 Å². The number of hydrogen-bond donors (Lipinski definition) is 2. The van der Waals surface area contributed by atoms with Gasteiger partial charge >= 0.3 is 5.97 Å². The SMILES string of the molecule is N#Cc1ccccc1NC(=S)NC(=O)CCC(=O)OCCCc1ccccc1. The van der Waals surface area contributed by atoms with E-state index >= 15 is 0 Å². The van der Waals surface area contributed by atoms with Crippen LogP contribution in [0.2, 0.25) is 0 Å². The first-order valence-electron chi connectivity index (χ1n) is 8.88. The molecule has 0 radical (unpaired) electrons. The molecule has 2 aromatic carbocycles. The summed E-state index contributed by atoms with van der Waals surface area (Å²) >= 11 is 5.06. The summed E-state index contributed by atoms with van der Waals surface area (Å²) in [5, 5.41) is 14.4. The van der Waals surface area contributed by atoms with Crippen LogP contribution in [0.5, 0.6) is 0 Å². The van der Waals surface area contributed by atoms with E-state index in [1.807, 2.05) is 36.4 Å². The van der Waals surface area contributed by atoms with Crippen molar-refractivity contribution in [2.75, 3.05) is 11.9 Å². The van der Waals surface area contributed by atoms with Gasteiger partial charge in [0.15, 0.2) is 5.11 Å². The van der Waals surface area contributed by atoms with Crippen molar-refractivity contribution in [1.82, 2.24) is 5.32 Å². The summed E-state index contributed by atoms with van der Waals surface area (Å²) < 4.78 is 5.14. The van der Waals surface area contributed by atoms with Crippen molar-refractivity contribution >= 4 is 34.9 Å². The van der Waals surface area contributed by atoms with Crippen LogP contribution in [0.1, 0.15) is 30.4 Å². The van der Waals surface area contributed by atoms with Gasteiger partial charge < -0.3 is 15.4 Å². The quantitative estimate of drug-likeness (QED) is 0.405. The number of rotatable bonds is 8. The number of ether oxygens (including phenoxy) is 1. The second-order valence-electron chi connectivity index (χ2n) is 5.97. The summed E-state index contributed by atoms with van der Waals surface area (Å²) in [7, 11) is 0. The van der Waals surface area contributed by atoms with Gasteiger partial charge in [0.2, 0.25) is 5.91 Å². The number of esters is 1. The summed E-state index contributed by atoms with van der Waals surface area (Å²) in [4.78, 5) is 23.6. The number of nitrogens with one attached hydrogen (secondary N) is 2. The summed E-state index contributed by atoms with van der Waals surface area (Å²) in [6.45, 7) is 0.320. The Morgan fingerprint density at radius 2 is 1.75 bits per heavy atom. The maximum atomic E-state index is 11.9. The molecule has 0 aliphatic heterocycles. The molecule has 0 aliphatic rings. The fourth-order valence-electron chi connectivity index (χ4n) is 2.43. The predicted molar refractivity (Wildman–Crippen MR) is 110 cm³/mol. The number of thiocarbonyl (C=S) groups is 1. The minimum atomic E-state index is -0.420. The Labute approximate surface area is 169 Å². The zero-order valence-corrected chi connectivity index (χ0v) is 16.1. The Morgan fingerprint density at radius 1 is 1.04 bits per heavy atom. The highest BCUT2D eigenvalue weighted by atomic mass is 32.1. The van der Waals surface area contributed by atoms with E-state index < -0.39 is 11.9 Å². The second kappa shape index (κ2) is 11.5. The summed E-state index contributed by atoms with van der Waals surface area (Å²) in [5.74, 6) is -0.815. The lowest BCUT2D eigenvalue weighted by Crippen LogP contribution is -2.34. The maximum absolute atomic E-state index is 11.9. The van der Waals surface area contributed by atoms with Crippen molar-refractivity contribution in [3.8, 4) is 6.07 Å². The molecule has 0 aromatic heterocycles. The lowest BCUT2D eigenvalue weighted by atomic mass is 10.1. The number of nitrogens with zero attached hydrogens (tertiary/aromatic N) is 1. The number of nitriles is 1. The Morgan fingerprint density at radius 3 is 2.50 bits per heavy atom. The van der Waals surface area contributed by atoms with Gasteiger partial charge in [-0.25, -0.2) is 0 Å². The Hall–Kier alpha value is -3.24. The third kappa shape index (κ3) is 7.56. The largest absolute Gasteiger partial charge is 0.466 e. The lowest BCUT2D eigenvalue weighted by Gasteiger charge is -2.10. The Kier molecular flexibility index (Phi) is 8.63. The molecule has 0 saturated carbocycles. The van der Waals surface area contributed by atoms with Crippen molar-refractivity contribution in [3.05, 3.63) is 65.7 Å². The van der Waals surface area contributed by atoms with E-state index in [-0.39, 0.29) is 18.0 Å². The molecule has 0 spiro atoms. The van der Waals surface area contributed by atoms with Gasteiger partial charge in [0.05, 0.1) is 24.3 Å². The monoisotopic (exact) mass is 395 g/mol. The van der Waals surface area contributed by atoms with Gasteiger partial charge in [-0.2, -0.15) is 5.26 Å². The fourth-order valence-corrected chi connectivity index (χ4v) is 2.65. The molecule has 0 atom stereocenters. The van der Waals surface area contributed by atoms with E-state index in [1.54, 1.807) is 24.3 Å². The molecule has 0 aliphatic carbocycles. The van der Waals surface area contributed by atoms with E-state index in [0.29, 0.717) is 17.9 Å². The molecule has 1 amide bonds. The molecule has 0 fully saturated rings. The first kappa shape index (κ1) is 21.1. The van der Waals surface area contributed by atoms with Crippen LogP contribution in [0.3, 0.4) is 0 Å². The number of carbonyl (C=O) groups excluding carboxylic acids is 2. The molecule has 0 saturated heterocycles. The van der Waals surface area contributed by atoms with Crippen LogP contribution in [0.15, 0.2) is 54.6 Å². The van der Waals surface area contributed by atoms with Crippen LogP contribution < -0.4 is 10.6 Å². The number of hydrogen-bond acceptors (Lipinski definition) is 5. The van der Waals surface area contributed by atoms with Crippen molar-refractivity contribution < 1.29 is 14.3 Å². The van der Waals surface area contributed by atoms with E-state index in [0.717, 1.165) is 12.8 Å². The molecule has 2 N–H and O–H groups in total. The van der Waals surface area contributed by atoms with Crippen molar-refractivity contribution in [1.29, 1.82) is 5.26 Å². The first-order valence-corrected chi connectivity index (χ1v) is 9.29. The van der Waals surface area contributed by atoms with Crippen LogP contribution in [0.25, 0.3) is 0 Å². The number of carbonyl (C=O) groups is 2. The molecule has 0 heterocycles. The van der Waals surface area contributed by atoms with Gasteiger partial charge in [-0.1, -0.05) is 42.5 Å². The molecule has 6 nitrogen and oxygen atoms in total. The number of aryl methyl sites for hydroxylation is 1.